The molecule has 0 radical (unpaired) electrons. The number of nitrogens with zero attached hydrogens (tertiary/aromatic N) is 1. The van der Waals surface area contributed by atoms with Crippen LogP contribution in [0.15, 0.2) is 12.3 Å². The van der Waals surface area contributed by atoms with Crippen LogP contribution in [0.4, 0.5) is 0 Å². The molecule has 0 unspecified atom stereocenters. The highest BCUT2D eigenvalue weighted by molar-refractivity contribution is 5.91. The van der Waals surface area contributed by atoms with E-state index < -0.39 is 0 Å². The summed E-state index contributed by atoms with van der Waals surface area (Å²) in [6.07, 6.45) is 2.38. The third kappa shape index (κ3) is 4.71. The Balaban J connectivity index is 0.00000137. The summed E-state index contributed by atoms with van der Waals surface area (Å²) in [6, 6.07) is 1.86. The van der Waals surface area contributed by atoms with Crippen molar-refractivity contribution in [3.8, 4) is 5.88 Å². The Bertz CT molecular complexity index is 367. The first kappa shape index (κ1) is 16.4. The van der Waals surface area contributed by atoms with Gasteiger partial charge in [-0.25, -0.2) is 4.98 Å². The van der Waals surface area contributed by atoms with Gasteiger partial charge in [-0.2, -0.15) is 5.48 Å². The van der Waals surface area contributed by atoms with Crippen LogP contribution in [0, 0.1) is 5.41 Å². The third-order valence-electron chi connectivity index (χ3n) is 2.05. The zero-order valence-electron chi connectivity index (χ0n) is 11.8. The van der Waals surface area contributed by atoms with Gasteiger partial charge in [-0.1, -0.05) is 20.8 Å². The average molecular weight is 253 g/mol. The van der Waals surface area contributed by atoms with Gasteiger partial charge in [-0.3, -0.25) is 5.41 Å². The van der Waals surface area contributed by atoms with Gasteiger partial charge in [0.2, 0.25) is 11.8 Å². The smallest absolute Gasteiger partial charge is 0.239 e. The molecule has 0 saturated heterocycles. The number of aryl methyl sites for hydroxylation is 1. The first-order chi connectivity index (χ1) is 8.72. The van der Waals surface area contributed by atoms with Crippen molar-refractivity contribution >= 4 is 5.90 Å². The molecule has 0 aromatic carbocycles. The lowest BCUT2D eigenvalue weighted by atomic mass is 10.1. The van der Waals surface area contributed by atoms with E-state index in [4.69, 9.17) is 15.0 Å². The molecule has 102 valence electrons. The van der Waals surface area contributed by atoms with Gasteiger partial charge in [0.25, 0.3) is 0 Å². The van der Waals surface area contributed by atoms with Crippen LogP contribution in [-0.2, 0) is 11.3 Å². The average Bonchev–Trinajstić information content (AvgIpc) is 2.42. The Hall–Kier alpha value is -1.62. The number of hydroxylamine groups is 1. The molecule has 0 fully saturated rings. The van der Waals surface area contributed by atoms with Crippen LogP contribution >= 0.6 is 0 Å². The number of pyridine rings is 1. The van der Waals surface area contributed by atoms with Crippen molar-refractivity contribution in [3.63, 3.8) is 0 Å². The van der Waals surface area contributed by atoms with Crippen molar-refractivity contribution in [2.45, 2.75) is 34.1 Å². The van der Waals surface area contributed by atoms with E-state index in [2.05, 4.69) is 10.5 Å². The summed E-state index contributed by atoms with van der Waals surface area (Å²) < 4.78 is 5.38. The summed E-state index contributed by atoms with van der Waals surface area (Å²) in [7, 11) is 1.61. The van der Waals surface area contributed by atoms with Crippen molar-refractivity contribution < 1.29 is 9.57 Å². The first-order valence-electron chi connectivity index (χ1n) is 6.27. The van der Waals surface area contributed by atoms with Gasteiger partial charge in [0.15, 0.2) is 0 Å². The number of hydrogen-bond acceptors (Lipinski definition) is 5. The maximum atomic E-state index is 7.61. The van der Waals surface area contributed by atoms with E-state index in [1.165, 1.54) is 0 Å². The van der Waals surface area contributed by atoms with Gasteiger partial charge in [-0.15, -0.1) is 0 Å². The summed E-state index contributed by atoms with van der Waals surface area (Å²) in [5.41, 5.74) is 4.07. The number of rotatable bonds is 5. The zero-order chi connectivity index (χ0) is 14.0. The molecule has 5 heteroatoms. The van der Waals surface area contributed by atoms with Crippen LogP contribution in [0.5, 0.6) is 5.88 Å². The molecule has 1 heterocycles. The van der Waals surface area contributed by atoms with Gasteiger partial charge in [0, 0.05) is 18.8 Å². The summed E-state index contributed by atoms with van der Waals surface area (Å²) in [5, 5.41) is 7.61. The van der Waals surface area contributed by atoms with E-state index in [0.717, 1.165) is 12.0 Å². The molecule has 1 rings (SSSR count). The molecule has 1 aromatic heterocycles. The van der Waals surface area contributed by atoms with Crippen molar-refractivity contribution in [1.82, 2.24) is 10.5 Å². The quantitative estimate of drug-likeness (QED) is 0.481. The summed E-state index contributed by atoms with van der Waals surface area (Å²) in [6.45, 7) is 8.52. The van der Waals surface area contributed by atoms with E-state index in [9.17, 15) is 0 Å². The second-order valence-corrected chi connectivity index (χ2v) is 3.11. The third-order valence-corrected chi connectivity index (χ3v) is 2.05. The number of aromatic nitrogens is 1. The van der Waals surface area contributed by atoms with Crippen LogP contribution in [0.2, 0.25) is 0 Å². The van der Waals surface area contributed by atoms with Crippen LogP contribution < -0.4 is 10.2 Å². The van der Waals surface area contributed by atoms with Crippen LogP contribution in [-0.4, -0.2) is 24.5 Å². The second-order valence-electron chi connectivity index (χ2n) is 3.11. The molecular weight excluding hydrogens is 230 g/mol. The maximum absolute atomic E-state index is 7.61. The molecule has 0 amide bonds. The molecule has 5 nitrogen and oxygen atoms in total. The fourth-order valence-corrected chi connectivity index (χ4v) is 1.30. The fourth-order valence-electron chi connectivity index (χ4n) is 1.30. The van der Waals surface area contributed by atoms with E-state index in [1.54, 1.807) is 13.2 Å². The van der Waals surface area contributed by atoms with Gasteiger partial charge in [0.1, 0.15) is 0 Å². The maximum Gasteiger partial charge on any atom is 0.239 e. The van der Waals surface area contributed by atoms with Crippen molar-refractivity contribution in [2.75, 3.05) is 13.7 Å². The first-order valence-corrected chi connectivity index (χ1v) is 6.27. The van der Waals surface area contributed by atoms with Gasteiger partial charge in [0.05, 0.1) is 12.2 Å². The Morgan fingerprint density at radius 1 is 1.39 bits per heavy atom. The summed E-state index contributed by atoms with van der Waals surface area (Å²) in [5.74, 6) is 0.679. The molecule has 1 aromatic rings. The van der Waals surface area contributed by atoms with E-state index in [0.29, 0.717) is 18.1 Å². The Kier molecular flexibility index (Phi) is 8.57. The lowest BCUT2D eigenvalue weighted by Crippen LogP contribution is -2.16. The number of nitrogens with one attached hydrogen (secondary N) is 2. The summed E-state index contributed by atoms with van der Waals surface area (Å²) >= 11 is 0. The molecule has 18 heavy (non-hydrogen) atoms. The number of hydrogen-bond donors (Lipinski definition) is 2. The predicted octanol–water partition coefficient (Wildman–Crippen LogP) is 2.55. The van der Waals surface area contributed by atoms with Gasteiger partial charge in [-0.05, 0) is 19.4 Å². The SMILES string of the molecule is CC.CCOc1ncc(C(=N)ONC)cc1CC. The minimum atomic E-state index is 0.0488. The second kappa shape index (κ2) is 9.41. The van der Waals surface area contributed by atoms with Crippen molar-refractivity contribution in [3.05, 3.63) is 23.4 Å². The predicted molar refractivity (Wildman–Crippen MR) is 73.1 cm³/mol. The van der Waals surface area contributed by atoms with Crippen LogP contribution in [0.1, 0.15) is 38.8 Å². The molecule has 0 saturated carbocycles. The van der Waals surface area contributed by atoms with Crippen molar-refractivity contribution in [2.24, 2.45) is 0 Å². The Morgan fingerprint density at radius 2 is 2.06 bits per heavy atom. The van der Waals surface area contributed by atoms with Gasteiger partial charge >= 0.3 is 0 Å². The zero-order valence-corrected chi connectivity index (χ0v) is 11.8. The number of ether oxygens (including phenoxy) is 1. The Morgan fingerprint density at radius 3 is 2.56 bits per heavy atom. The Labute approximate surface area is 109 Å². The molecule has 2 N–H and O–H groups in total. The lowest BCUT2D eigenvalue weighted by Gasteiger charge is -2.10. The van der Waals surface area contributed by atoms with E-state index in [-0.39, 0.29) is 5.90 Å². The molecule has 0 aliphatic heterocycles. The minimum absolute atomic E-state index is 0.0488. The lowest BCUT2D eigenvalue weighted by molar-refractivity contribution is 0.207. The highest BCUT2D eigenvalue weighted by Gasteiger charge is 2.09. The molecule has 0 spiro atoms. The van der Waals surface area contributed by atoms with Gasteiger partial charge < -0.3 is 9.57 Å². The molecule has 0 aliphatic rings. The highest BCUT2D eigenvalue weighted by atomic mass is 16.6. The molecule has 0 atom stereocenters. The standard InChI is InChI=1S/C11H17N3O2.C2H6/c1-4-8-6-9(10(12)16-13-3)7-14-11(8)15-5-2;1-2/h6-7,12-13H,4-5H2,1-3H3;1-2H3. The minimum Gasteiger partial charge on any atom is -0.478 e. The fraction of sp³-hybridized carbons (Fsp3) is 0.538. The van der Waals surface area contributed by atoms with E-state index >= 15 is 0 Å². The molecular formula is C13H23N3O2. The monoisotopic (exact) mass is 253 g/mol. The van der Waals surface area contributed by atoms with Crippen LogP contribution in [0.3, 0.4) is 0 Å². The van der Waals surface area contributed by atoms with Crippen molar-refractivity contribution in [1.29, 1.82) is 5.41 Å². The van der Waals surface area contributed by atoms with E-state index in [1.807, 2.05) is 33.8 Å². The summed E-state index contributed by atoms with van der Waals surface area (Å²) in [4.78, 5) is 9.05. The highest BCUT2D eigenvalue weighted by Crippen LogP contribution is 2.17. The molecule has 0 bridgehead atoms. The largest absolute Gasteiger partial charge is 0.478 e. The normalized spacial score (nSPS) is 9.17. The topological polar surface area (TPSA) is 67.2 Å². The molecule has 0 aliphatic carbocycles. The van der Waals surface area contributed by atoms with Crippen LogP contribution in [0.25, 0.3) is 0 Å².